The second-order valence-corrected chi connectivity index (χ2v) is 5.48. The van der Waals surface area contributed by atoms with E-state index in [0.29, 0.717) is 23.1 Å². The molecule has 1 aromatic heterocycles. The summed E-state index contributed by atoms with van der Waals surface area (Å²) in [6.45, 7) is 0. The average molecular weight is 292 g/mol. The van der Waals surface area contributed by atoms with E-state index in [0.717, 1.165) is 42.5 Å². The molecule has 1 aliphatic carbocycles. The predicted molar refractivity (Wildman–Crippen MR) is 77.3 cm³/mol. The molecule has 0 saturated carbocycles. The number of hydrogen-bond donors (Lipinski definition) is 1. The van der Waals surface area contributed by atoms with Gasteiger partial charge in [0.25, 0.3) is 0 Å². The summed E-state index contributed by atoms with van der Waals surface area (Å²) < 4.78 is 13.0. The third-order valence-corrected chi connectivity index (χ3v) is 3.98. The molecule has 5 heteroatoms. The highest BCUT2D eigenvalue weighted by Crippen LogP contribution is 2.25. The van der Waals surface area contributed by atoms with Crippen LogP contribution in [0.1, 0.15) is 35.5 Å². The molecule has 0 fully saturated rings. The Morgan fingerprint density at radius 3 is 2.80 bits per heavy atom. The molecule has 2 N–H and O–H groups in total. The Morgan fingerprint density at radius 1 is 1.20 bits per heavy atom. The maximum Gasteiger partial charge on any atom is 0.135 e. The molecule has 1 aromatic carbocycles. The second kappa shape index (κ2) is 5.37. The van der Waals surface area contributed by atoms with E-state index in [1.54, 1.807) is 6.07 Å². The van der Waals surface area contributed by atoms with Gasteiger partial charge in [-0.15, -0.1) is 0 Å². The van der Waals surface area contributed by atoms with Crippen molar-refractivity contribution < 1.29 is 4.39 Å². The van der Waals surface area contributed by atoms with Crippen molar-refractivity contribution in [2.24, 2.45) is 0 Å². The lowest BCUT2D eigenvalue weighted by Gasteiger charge is -2.17. The number of halogens is 2. The van der Waals surface area contributed by atoms with Crippen LogP contribution in [-0.2, 0) is 19.3 Å². The zero-order valence-corrected chi connectivity index (χ0v) is 11.8. The van der Waals surface area contributed by atoms with Crippen LogP contribution in [0.3, 0.4) is 0 Å². The number of aryl methyl sites for hydroxylation is 1. The van der Waals surface area contributed by atoms with Crippen LogP contribution >= 0.6 is 11.6 Å². The molecule has 0 saturated heterocycles. The molecule has 104 valence electrons. The van der Waals surface area contributed by atoms with Crippen LogP contribution in [0.25, 0.3) is 0 Å². The topological polar surface area (TPSA) is 51.8 Å². The quantitative estimate of drug-likeness (QED) is 0.923. The average Bonchev–Trinajstić information content (AvgIpc) is 2.42. The lowest BCUT2D eigenvalue weighted by molar-refractivity contribution is 0.627. The van der Waals surface area contributed by atoms with Crippen LogP contribution in [0.15, 0.2) is 18.2 Å². The predicted octanol–water partition coefficient (Wildman–Crippen LogP) is 3.32. The highest BCUT2D eigenvalue weighted by molar-refractivity contribution is 6.31. The van der Waals surface area contributed by atoms with Crippen molar-refractivity contribution in [3.05, 3.63) is 51.7 Å². The third-order valence-electron chi connectivity index (χ3n) is 3.63. The molecule has 0 bridgehead atoms. The fourth-order valence-corrected chi connectivity index (χ4v) is 2.82. The summed E-state index contributed by atoms with van der Waals surface area (Å²) >= 11 is 6.04. The monoisotopic (exact) mass is 291 g/mol. The first kappa shape index (κ1) is 13.3. The number of nitrogens with two attached hydrogens (primary N) is 1. The van der Waals surface area contributed by atoms with Crippen LogP contribution in [-0.4, -0.2) is 9.97 Å². The minimum absolute atomic E-state index is 0.343. The summed E-state index contributed by atoms with van der Waals surface area (Å²) in [5.74, 6) is 0.879. The molecule has 0 unspecified atom stereocenters. The van der Waals surface area contributed by atoms with E-state index in [-0.39, 0.29) is 5.82 Å². The highest BCUT2D eigenvalue weighted by atomic mass is 35.5. The summed E-state index contributed by atoms with van der Waals surface area (Å²) in [5.41, 5.74) is 8.96. The molecule has 20 heavy (non-hydrogen) atoms. The van der Waals surface area contributed by atoms with Crippen LogP contribution in [0, 0.1) is 5.82 Å². The molecular formula is C15H15ClFN3. The SMILES string of the molecule is Nc1nc(Cc2ccc(F)cc2Cl)nc2c1CCCC2. The standard InChI is InChI=1S/C15H15ClFN3/c16-12-8-10(17)6-5-9(12)7-14-19-13-4-2-1-3-11(13)15(18)20-14/h5-6,8H,1-4,7H2,(H2,18,19,20). The number of nitrogen functional groups attached to an aromatic ring is 1. The van der Waals surface area contributed by atoms with Gasteiger partial charge in [0.2, 0.25) is 0 Å². The van der Waals surface area contributed by atoms with Gasteiger partial charge >= 0.3 is 0 Å². The van der Waals surface area contributed by atoms with Gasteiger partial charge in [-0.25, -0.2) is 14.4 Å². The van der Waals surface area contributed by atoms with Gasteiger partial charge < -0.3 is 5.73 Å². The molecule has 0 aliphatic heterocycles. The Bertz CT molecular complexity index is 658. The number of aromatic nitrogens is 2. The van der Waals surface area contributed by atoms with Gasteiger partial charge in [-0.05, 0) is 43.4 Å². The summed E-state index contributed by atoms with van der Waals surface area (Å²) in [7, 11) is 0. The number of nitrogens with zero attached hydrogens (tertiary/aromatic N) is 2. The number of hydrogen-bond acceptors (Lipinski definition) is 3. The molecule has 1 heterocycles. The largest absolute Gasteiger partial charge is 0.383 e. The second-order valence-electron chi connectivity index (χ2n) is 5.07. The fraction of sp³-hybridized carbons (Fsp3) is 0.333. The minimum Gasteiger partial charge on any atom is -0.383 e. The first-order valence-electron chi connectivity index (χ1n) is 6.71. The lowest BCUT2D eigenvalue weighted by atomic mass is 9.96. The van der Waals surface area contributed by atoms with Crippen molar-refractivity contribution in [1.82, 2.24) is 9.97 Å². The third kappa shape index (κ3) is 2.61. The van der Waals surface area contributed by atoms with Gasteiger partial charge in [0.15, 0.2) is 0 Å². The van der Waals surface area contributed by atoms with E-state index in [1.165, 1.54) is 12.1 Å². The first-order valence-corrected chi connectivity index (χ1v) is 7.09. The minimum atomic E-state index is -0.343. The molecule has 3 rings (SSSR count). The number of anilines is 1. The molecule has 1 aliphatic rings. The van der Waals surface area contributed by atoms with Crippen LogP contribution < -0.4 is 5.73 Å². The van der Waals surface area contributed by atoms with E-state index in [4.69, 9.17) is 17.3 Å². The number of rotatable bonds is 2. The van der Waals surface area contributed by atoms with Crippen LogP contribution in [0.5, 0.6) is 0 Å². The summed E-state index contributed by atoms with van der Waals surface area (Å²) in [6, 6.07) is 4.36. The van der Waals surface area contributed by atoms with E-state index >= 15 is 0 Å². The molecule has 0 radical (unpaired) electrons. The van der Waals surface area contributed by atoms with Gasteiger partial charge in [-0.3, -0.25) is 0 Å². The Morgan fingerprint density at radius 2 is 2.00 bits per heavy atom. The summed E-state index contributed by atoms with van der Waals surface area (Å²) in [5, 5.41) is 0.393. The van der Waals surface area contributed by atoms with Crippen molar-refractivity contribution in [2.45, 2.75) is 32.1 Å². The van der Waals surface area contributed by atoms with Gasteiger partial charge in [-0.2, -0.15) is 0 Å². The smallest absolute Gasteiger partial charge is 0.135 e. The molecule has 0 atom stereocenters. The van der Waals surface area contributed by atoms with Gasteiger partial charge in [0.05, 0.1) is 0 Å². The Hall–Kier alpha value is -1.68. The Balaban J connectivity index is 1.93. The van der Waals surface area contributed by atoms with Gasteiger partial charge in [0.1, 0.15) is 17.5 Å². The molecule has 0 spiro atoms. The number of benzene rings is 1. The van der Waals surface area contributed by atoms with Crippen molar-refractivity contribution >= 4 is 17.4 Å². The first-order chi connectivity index (χ1) is 9.63. The maximum absolute atomic E-state index is 13.0. The zero-order valence-electron chi connectivity index (χ0n) is 11.0. The molecule has 0 amide bonds. The van der Waals surface area contributed by atoms with Gasteiger partial charge in [0, 0.05) is 22.7 Å². The Kier molecular flexibility index (Phi) is 3.57. The van der Waals surface area contributed by atoms with Crippen molar-refractivity contribution in [3.63, 3.8) is 0 Å². The van der Waals surface area contributed by atoms with Crippen molar-refractivity contribution in [3.8, 4) is 0 Å². The molecular weight excluding hydrogens is 277 g/mol. The van der Waals surface area contributed by atoms with E-state index in [9.17, 15) is 4.39 Å². The fourth-order valence-electron chi connectivity index (χ4n) is 2.59. The van der Waals surface area contributed by atoms with E-state index < -0.39 is 0 Å². The maximum atomic E-state index is 13.0. The Labute approximate surface area is 122 Å². The lowest BCUT2D eigenvalue weighted by Crippen LogP contribution is -2.13. The van der Waals surface area contributed by atoms with Crippen LogP contribution in [0.4, 0.5) is 10.2 Å². The van der Waals surface area contributed by atoms with Gasteiger partial charge in [-0.1, -0.05) is 17.7 Å². The normalized spacial score (nSPS) is 14.1. The highest BCUT2D eigenvalue weighted by Gasteiger charge is 2.16. The zero-order chi connectivity index (χ0) is 14.1. The molecule has 3 nitrogen and oxygen atoms in total. The van der Waals surface area contributed by atoms with Crippen molar-refractivity contribution in [2.75, 3.05) is 5.73 Å². The van der Waals surface area contributed by atoms with E-state index in [1.807, 2.05) is 0 Å². The molecule has 2 aromatic rings. The van der Waals surface area contributed by atoms with E-state index in [2.05, 4.69) is 9.97 Å². The summed E-state index contributed by atoms with van der Waals surface area (Å²) in [6.07, 6.45) is 4.66. The van der Waals surface area contributed by atoms with Crippen molar-refractivity contribution in [1.29, 1.82) is 0 Å². The number of fused-ring (bicyclic) bond motifs is 1. The van der Waals surface area contributed by atoms with Crippen LogP contribution in [0.2, 0.25) is 5.02 Å². The summed E-state index contributed by atoms with van der Waals surface area (Å²) in [4.78, 5) is 8.95.